The number of carbonyl (C=O) groups is 2. The van der Waals surface area contributed by atoms with Crippen molar-refractivity contribution in [2.45, 2.75) is 19.4 Å². The van der Waals surface area contributed by atoms with Crippen LogP contribution in [0.4, 0.5) is 0 Å². The van der Waals surface area contributed by atoms with Gasteiger partial charge in [0.15, 0.2) is 0 Å². The molecule has 0 fully saturated rings. The number of aliphatic carboxylic acids is 1. The van der Waals surface area contributed by atoms with Crippen molar-refractivity contribution >= 4 is 22.0 Å². The van der Waals surface area contributed by atoms with Crippen molar-refractivity contribution in [2.75, 3.05) is 12.9 Å². The lowest BCUT2D eigenvalue weighted by molar-refractivity contribution is -0.141. The Kier molecular flexibility index (Phi) is 5.23. The number of amides is 1. The molecule has 0 rings (SSSR count). The van der Waals surface area contributed by atoms with Crippen LogP contribution >= 0.6 is 0 Å². The van der Waals surface area contributed by atoms with E-state index >= 15 is 0 Å². The Morgan fingerprint density at radius 1 is 1.47 bits per heavy atom. The van der Waals surface area contributed by atoms with Crippen molar-refractivity contribution in [1.82, 2.24) is 5.32 Å². The summed E-state index contributed by atoms with van der Waals surface area (Å²) in [4.78, 5) is 21.2. The Balaban J connectivity index is 4.09. The Labute approximate surface area is 87.5 Å². The monoisotopic (exact) mass is 239 g/mol. The molecule has 88 valence electrons. The van der Waals surface area contributed by atoms with Crippen molar-refractivity contribution in [3.63, 3.8) is 0 Å². The summed E-state index contributed by atoms with van der Waals surface area (Å²) in [7, 11) is -3.58. The topological polar surface area (TPSA) is 110 Å². The summed E-state index contributed by atoms with van der Waals surface area (Å²) in [5, 5.41) is 10.8. The molecule has 0 radical (unpaired) electrons. The zero-order valence-electron chi connectivity index (χ0n) is 8.39. The summed E-state index contributed by atoms with van der Waals surface area (Å²) in [6.45, 7) is 0.892. The Hall–Kier alpha value is -1.15. The quantitative estimate of drug-likeness (QED) is 0.572. The van der Waals surface area contributed by atoms with Gasteiger partial charge in [0.1, 0.15) is 6.04 Å². The molecule has 0 bridgehead atoms. The SMILES string of the molecule is CC(=O)N[C@@H](CCOS(C)(=O)=O)C(=O)O. The number of carbonyl (C=O) groups excluding carboxylic acids is 1. The fraction of sp³-hybridized carbons (Fsp3) is 0.714. The fourth-order valence-electron chi connectivity index (χ4n) is 0.820. The molecule has 0 saturated carbocycles. The number of carboxylic acids is 1. The lowest BCUT2D eigenvalue weighted by Crippen LogP contribution is -2.40. The third kappa shape index (κ3) is 7.89. The molecular weight excluding hydrogens is 226 g/mol. The van der Waals surface area contributed by atoms with Crippen LogP contribution in [0.25, 0.3) is 0 Å². The van der Waals surface area contributed by atoms with Crippen LogP contribution in [0.3, 0.4) is 0 Å². The highest BCUT2D eigenvalue weighted by atomic mass is 32.2. The van der Waals surface area contributed by atoms with Gasteiger partial charge in [-0.1, -0.05) is 0 Å². The van der Waals surface area contributed by atoms with Gasteiger partial charge in [-0.15, -0.1) is 0 Å². The molecule has 7 nitrogen and oxygen atoms in total. The third-order valence-corrected chi connectivity index (χ3v) is 1.97. The first-order valence-electron chi connectivity index (χ1n) is 4.06. The molecule has 0 aliphatic rings. The molecule has 0 unspecified atom stereocenters. The van der Waals surface area contributed by atoms with E-state index in [0.717, 1.165) is 6.26 Å². The summed E-state index contributed by atoms with van der Waals surface area (Å²) >= 11 is 0. The van der Waals surface area contributed by atoms with Crippen molar-refractivity contribution in [3.05, 3.63) is 0 Å². The number of hydrogen-bond donors (Lipinski definition) is 2. The molecule has 8 heteroatoms. The fourth-order valence-corrected chi connectivity index (χ4v) is 1.22. The largest absolute Gasteiger partial charge is 0.480 e. The lowest BCUT2D eigenvalue weighted by Gasteiger charge is -2.12. The van der Waals surface area contributed by atoms with E-state index in [4.69, 9.17) is 5.11 Å². The van der Waals surface area contributed by atoms with Crippen LogP contribution in [-0.2, 0) is 23.9 Å². The molecular formula is C7H13NO6S. The lowest BCUT2D eigenvalue weighted by atomic mass is 10.2. The minimum atomic E-state index is -3.58. The molecule has 0 aromatic heterocycles. The predicted octanol–water partition coefficient (Wildman–Crippen LogP) is -1.06. The first-order chi connectivity index (χ1) is 6.72. The predicted molar refractivity (Wildman–Crippen MR) is 50.7 cm³/mol. The smallest absolute Gasteiger partial charge is 0.326 e. The average molecular weight is 239 g/mol. The Morgan fingerprint density at radius 3 is 2.33 bits per heavy atom. The zero-order chi connectivity index (χ0) is 12.1. The highest BCUT2D eigenvalue weighted by Gasteiger charge is 2.18. The van der Waals surface area contributed by atoms with Crippen molar-refractivity contribution in [3.8, 4) is 0 Å². The molecule has 2 N–H and O–H groups in total. The molecule has 1 amide bonds. The van der Waals surface area contributed by atoms with E-state index in [0.29, 0.717) is 0 Å². The van der Waals surface area contributed by atoms with E-state index in [1.807, 2.05) is 0 Å². The highest BCUT2D eigenvalue weighted by molar-refractivity contribution is 7.85. The molecule has 0 spiro atoms. The zero-order valence-corrected chi connectivity index (χ0v) is 9.20. The normalized spacial score (nSPS) is 13.2. The summed E-state index contributed by atoms with van der Waals surface area (Å²) in [5.74, 6) is -1.73. The Morgan fingerprint density at radius 2 is 2.00 bits per heavy atom. The summed E-state index contributed by atoms with van der Waals surface area (Å²) in [6, 6.07) is -1.13. The summed E-state index contributed by atoms with van der Waals surface area (Å²) < 4.78 is 25.4. The van der Waals surface area contributed by atoms with Crippen LogP contribution in [0.15, 0.2) is 0 Å². The van der Waals surface area contributed by atoms with Crippen LogP contribution in [-0.4, -0.2) is 44.3 Å². The number of carboxylic acid groups (broad SMARTS) is 1. The van der Waals surface area contributed by atoms with Gasteiger partial charge >= 0.3 is 5.97 Å². The third-order valence-electron chi connectivity index (χ3n) is 1.38. The van der Waals surface area contributed by atoms with Crippen LogP contribution in [0.5, 0.6) is 0 Å². The summed E-state index contributed by atoms with van der Waals surface area (Å²) in [6.07, 6.45) is 0.753. The van der Waals surface area contributed by atoms with Crippen LogP contribution in [0, 0.1) is 0 Å². The molecule has 0 aliphatic heterocycles. The van der Waals surface area contributed by atoms with E-state index < -0.39 is 28.0 Å². The van der Waals surface area contributed by atoms with Gasteiger partial charge in [0.2, 0.25) is 5.91 Å². The van der Waals surface area contributed by atoms with Gasteiger partial charge in [0.25, 0.3) is 10.1 Å². The van der Waals surface area contributed by atoms with Crippen molar-refractivity contribution in [2.24, 2.45) is 0 Å². The molecule has 0 aromatic carbocycles. The van der Waals surface area contributed by atoms with Crippen molar-refractivity contribution < 1.29 is 27.3 Å². The second-order valence-corrected chi connectivity index (χ2v) is 4.55. The minimum Gasteiger partial charge on any atom is -0.480 e. The first-order valence-corrected chi connectivity index (χ1v) is 5.88. The van der Waals surface area contributed by atoms with Gasteiger partial charge in [0, 0.05) is 13.3 Å². The molecule has 0 heterocycles. The minimum absolute atomic E-state index is 0.109. The van der Waals surface area contributed by atoms with Gasteiger partial charge in [0.05, 0.1) is 12.9 Å². The van der Waals surface area contributed by atoms with E-state index in [2.05, 4.69) is 9.50 Å². The molecule has 1 atom stereocenters. The van der Waals surface area contributed by atoms with Crippen LogP contribution in [0.2, 0.25) is 0 Å². The highest BCUT2D eigenvalue weighted by Crippen LogP contribution is 1.96. The van der Waals surface area contributed by atoms with Gasteiger partial charge in [-0.2, -0.15) is 8.42 Å². The van der Waals surface area contributed by atoms with Gasteiger partial charge in [-0.25, -0.2) is 4.79 Å². The number of nitrogens with one attached hydrogen (secondary N) is 1. The van der Waals surface area contributed by atoms with Gasteiger partial charge < -0.3 is 10.4 Å². The molecule has 0 aliphatic carbocycles. The van der Waals surface area contributed by atoms with E-state index in [9.17, 15) is 18.0 Å². The standard InChI is InChI=1S/C7H13NO6S/c1-5(9)8-6(7(10)11)3-4-14-15(2,12)13/h6H,3-4H2,1-2H3,(H,8,9)(H,10,11)/t6-/m0/s1. The maximum absolute atomic E-state index is 10.6. The molecule has 15 heavy (non-hydrogen) atoms. The summed E-state index contributed by atoms with van der Waals surface area (Å²) in [5.41, 5.74) is 0. The Bertz CT molecular complexity index is 335. The second-order valence-electron chi connectivity index (χ2n) is 2.91. The molecule has 0 saturated heterocycles. The van der Waals surface area contributed by atoms with E-state index in [-0.39, 0.29) is 13.0 Å². The van der Waals surface area contributed by atoms with Crippen LogP contribution in [0.1, 0.15) is 13.3 Å². The molecule has 0 aromatic rings. The van der Waals surface area contributed by atoms with Crippen LogP contribution < -0.4 is 5.32 Å². The maximum Gasteiger partial charge on any atom is 0.326 e. The van der Waals surface area contributed by atoms with Gasteiger partial charge in [-0.3, -0.25) is 8.98 Å². The van der Waals surface area contributed by atoms with E-state index in [1.165, 1.54) is 6.92 Å². The van der Waals surface area contributed by atoms with Gasteiger partial charge in [-0.05, 0) is 0 Å². The number of hydrogen-bond acceptors (Lipinski definition) is 5. The average Bonchev–Trinajstić information content (AvgIpc) is 1.99. The second kappa shape index (κ2) is 5.66. The number of rotatable bonds is 6. The maximum atomic E-state index is 10.6. The van der Waals surface area contributed by atoms with E-state index in [1.54, 1.807) is 0 Å². The first kappa shape index (κ1) is 13.8. The van der Waals surface area contributed by atoms with Crippen molar-refractivity contribution in [1.29, 1.82) is 0 Å².